The quantitative estimate of drug-likeness (QED) is 0.122. The van der Waals surface area contributed by atoms with Gasteiger partial charge < -0.3 is 18.9 Å². The number of rotatable bonds is 14. The Hall–Kier alpha value is -4.20. The first kappa shape index (κ1) is 31.8. The fraction of sp³-hybridized carbons (Fsp3) is 0.300. The SMILES string of the molecule is C.C=C(C)C(=O)CCCOc1ccc(-c2ccc(OC(=O)C(=C)C)c(F)c2)cc1OCCOC(=O)C(=C)C. The number of Topliss-reactive ketones (excluding diaryl/α,β-unsaturated/α-hetero) is 1. The molecular weight excluding hydrogens is 491 g/mol. The Kier molecular flexibility index (Phi) is 12.7. The summed E-state index contributed by atoms with van der Waals surface area (Å²) in [7, 11) is 0. The minimum Gasteiger partial charge on any atom is -0.490 e. The van der Waals surface area contributed by atoms with E-state index in [-0.39, 0.29) is 49.9 Å². The minimum atomic E-state index is -0.721. The highest BCUT2D eigenvalue weighted by Crippen LogP contribution is 2.34. The fourth-order valence-electron chi connectivity index (χ4n) is 2.91. The summed E-state index contributed by atoms with van der Waals surface area (Å²) >= 11 is 0. The third kappa shape index (κ3) is 9.69. The van der Waals surface area contributed by atoms with Gasteiger partial charge in [-0.1, -0.05) is 39.3 Å². The van der Waals surface area contributed by atoms with Gasteiger partial charge in [0.2, 0.25) is 0 Å². The van der Waals surface area contributed by atoms with E-state index in [0.29, 0.717) is 41.0 Å². The van der Waals surface area contributed by atoms with E-state index in [1.165, 1.54) is 19.1 Å². The Bertz CT molecular complexity index is 1210. The maximum atomic E-state index is 14.6. The van der Waals surface area contributed by atoms with Crippen LogP contribution >= 0.6 is 0 Å². The predicted octanol–water partition coefficient (Wildman–Crippen LogP) is 6.41. The largest absolute Gasteiger partial charge is 0.490 e. The molecule has 0 aromatic heterocycles. The number of hydrogen-bond donors (Lipinski definition) is 0. The summed E-state index contributed by atoms with van der Waals surface area (Å²) in [4.78, 5) is 35.1. The zero-order chi connectivity index (χ0) is 27.5. The second kappa shape index (κ2) is 15.1. The van der Waals surface area contributed by atoms with E-state index in [4.69, 9.17) is 18.9 Å². The van der Waals surface area contributed by atoms with E-state index < -0.39 is 17.8 Å². The summed E-state index contributed by atoms with van der Waals surface area (Å²) in [5.41, 5.74) is 2.03. The Morgan fingerprint density at radius 1 is 0.737 bits per heavy atom. The highest BCUT2D eigenvalue weighted by atomic mass is 19.1. The summed E-state index contributed by atoms with van der Waals surface area (Å²) < 4.78 is 36.3. The Morgan fingerprint density at radius 3 is 1.89 bits per heavy atom. The number of ether oxygens (including phenoxy) is 4. The van der Waals surface area contributed by atoms with Gasteiger partial charge in [0.1, 0.15) is 13.2 Å². The molecule has 0 saturated carbocycles. The number of halogens is 1. The smallest absolute Gasteiger partial charge is 0.338 e. The van der Waals surface area contributed by atoms with Crippen LogP contribution in [-0.4, -0.2) is 37.5 Å². The van der Waals surface area contributed by atoms with Gasteiger partial charge in [-0.15, -0.1) is 0 Å². The normalized spacial score (nSPS) is 10.0. The molecule has 204 valence electrons. The first-order valence-electron chi connectivity index (χ1n) is 11.6. The summed E-state index contributed by atoms with van der Waals surface area (Å²) in [6.07, 6.45) is 0.792. The monoisotopic (exact) mass is 526 g/mol. The molecular formula is C30H35FO7. The summed E-state index contributed by atoms with van der Waals surface area (Å²) in [5.74, 6) is -1.46. The lowest BCUT2D eigenvalue weighted by Crippen LogP contribution is -2.13. The molecule has 0 fully saturated rings. The lowest BCUT2D eigenvalue weighted by atomic mass is 10.0. The van der Waals surface area contributed by atoms with Crippen LogP contribution in [0.3, 0.4) is 0 Å². The van der Waals surface area contributed by atoms with E-state index >= 15 is 0 Å². The van der Waals surface area contributed by atoms with Crippen molar-refractivity contribution < 1.29 is 37.7 Å². The molecule has 0 heterocycles. The number of carbonyl (C=O) groups excluding carboxylic acids is 3. The van der Waals surface area contributed by atoms with Crippen LogP contribution in [0.5, 0.6) is 17.2 Å². The average Bonchev–Trinajstić information content (AvgIpc) is 2.85. The minimum absolute atomic E-state index is 0. The van der Waals surface area contributed by atoms with Gasteiger partial charge in [-0.25, -0.2) is 14.0 Å². The number of benzene rings is 2. The molecule has 0 aliphatic carbocycles. The van der Waals surface area contributed by atoms with Gasteiger partial charge in [-0.05, 0) is 68.2 Å². The van der Waals surface area contributed by atoms with Crippen LogP contribution in [0.2, 0.25) is 0 Å². The van der Waals surface area contributed by atoms with E-state index in [9.17, 15) is 18.8 Å². The maximum absolute atomic E-state index is 14.6. The van der Waals surface area contributed by atoms with Crippen molar-refractivity contribution in [2.75, 3.05) is 19.8 Å². The Morgan fingerprint density at radius 2 is 1.32 bits per heavy atom. The van der Waals surface area contributed by atoms with Gasteiger partial charge in [0.05, 0.1) is 6.61 Å². The van der Waals surface area contributed by atoms with Crippen LogP contribution in [0.25, 0.3) is 11.1 Å². The van der Waals surface area contributed by atoms with Gasteiger partial charge in [-0.3, -0.25) is 4.79 Å². The molecule has 0 bridgehead atoms. The zero-order valence-electron chi connectivity index (χ0n) is 21.4. The van der Waals surface area contributed by atoms with Crippen LogP contribution in [0.15, 0.2) is 72.9 Å². The molecule has 0 aliphatic rings. The first-order valence-corrected chi connectivity index (χ1v) is 11.6. The van der Waals surface area contributed by atoms with Gasteiger partial charge in [0.25, 0.3) is 0 Å². The number of esters is 2. The number of hydrogen-bond acceptors (Lipinski definition) is 7. The van der Waals surface area contributed by atoms with E-state index in [1.807, 2.05) is 0 Å². The predicted molar refractivity (Wildman–Crippen MR) is 145 cm³/mol. The number of allylic oxidation sites excluding steroid dienone is 1. The first-order chi connectivity index (χ1) is 17.5. The Balaban J connectivity index is 0.00000722. The van der Waals surface area contributed by atoms with Crippen molar-refractivity contribution in [3.8, 4) is 28.4 Å². The van der Waals surface area contributed by atoms with E-state index in [2.05, 4.69) is 19.7 Å². The topological polar surface area (TPSA) is 88.1 Å². The molecule has 2 rings (SSSR count). The lowest BCUT2D eigenvalue weighted by molar-refractivity contribution is -0.139. The fourth-order valence-corrected chi connectivity index (χ4v) is 2.91. The van der Waals surface area contributed by atoms with Crippen LogP contribution < -0.4 is 14.2 Å². The van der Waals surface area contributed by atoms with Crippen LogP contribution in [0, 0.1) is 5.82 Å². The highest BCUT2D eigenvalue weighted by molar-refractivity contribution is 5.94. The second-order valence-corrected chi connectivity index (χ2v) is 8.40. The van der Waals surface area contributed by atoms with Crippen molar-refractivity contribution in [1.82, 2.24) is 0 Å². The molecule has 2 aromatic carbocycles. The molecule has 38 heavy (non-hydrogen) atoms. The highest BCUT2D eigenvalue weighted by Gasteiger charge is 2.14. The third-order valence-electron chi connectivity index (χ3n) is 4.96. The zero-order valence-corrected chi connectivity index (χ0v) is 21.4. The second-order valence-electron chi connectivity index (χ2n) is 8.40. The van der Waals surface area contributed by atoms with Gasteiger partial charge in [-0.2, -0.15) is 0 Å². The molecule has 0 unspecified atom stereocenters. The molecule has 0 spiro atoms. The van der Waals surface area contributed by atoms with Crippen molar-refractivity contribution in [2.45, 2.75) is 41.0 Å². The van der Waals surface area contributed by atoms with Gasteiger partial charge in [0, 0.05) is 17.6 Å². The number of carbonyl (C=O) groups is 3. The van der Waals surface area contributed by atoms with Crippen molar-refractivity contribution in [3.05, 3.63) is 78.7 Å². The molecule has 0 aliphatic heterocycles. The molecule has 8 heteroatoms. The van der Waals surface area contributed by atoms with Gasteiger partial charge in [0.15, 0.2) is 28.8 Å². The molecule has 0 atom stereocenters. The molecule has 0 N–H and O–H groups in total. The van der Waals surface area contributed by atoms with E-state index in [0.717, 1.165) is 0 Å². The summed E-state index contributed by atoms with van der Waals surface area (Å²) in [6.45, 7) is 15.6. The Labute approximate surface area is 223 Å². The summed E-state index contributed by atoms with van der Waals surface area (Å²) in [5, 5.41) is 0. The van der Waals surface area contributed by atoms with Crippen molar-refractivity contribution in [3.63, 3.8) is 0 Å². The average molecular weight is 527 g/mol. The van der Waals surface area contributed by atoms with Crippen LogP contribution in [-0.2, 0) is 19.1 Å². The van der Waals surface area contributed by atoms with Crippen molar-refractivity contribution in [2.24, 2.45) is 0 Å². The lowest BCUT2D eigenvalue weighted by Gasteiger charge is -2.15. The maximum Gasteiger partial charge on any atom is 0.338 e. The molecule has 2 aromatic rings. The van der Waals surface area contributed by atoms with Crippen LogP contribution in [0.4, 0.5) is 4.39 Å². The molecule has 7 nitrogen and oxygen atoms in total. The van der Waals surface area contributed by atoms with Gasteiger partial charge >= 0.3 is 11.9 Å². The van der Waals surface area contributed by atoms with Crippen molar-refractivity contribution in [1.29, 1.82) is 0 Å². The number of ketones is 1. The standard InChI is InChI=1S/C29H31FO7.CH4/c1-18(2)24(31)8-7-13-34-26-12-10-22(17-27(26)35-14-15-36-28(32)19(3)4)21-9-11-25(23(30)16-21)37-29(33)20(5)6;/h9-12,16-17H,1,3,5,7-8,13-15H2,2,4,6H3;1H4. The van der Waals surface area contributed by atoms with E-state index in [1.54, 1.807) is 38.1 Å². The van der Waals surface area contributed by atoms with Crippen molar-refractivity contribution >= 4 is 17.7 Å². The third-order valence-corrected chi connectivity index (χ3v) is 4.96. The van der Waals surface area contributed by atoms with Crippen LogP contribution in [0.1, 0.15) is 41.0 Å². The molecule has 0 amide bonds. The molecule has 0 saturated heterocycles. The molecule has 0 radical (unpaired) electrons. The summed E-state index contributed by atoms with van der Waals surface area (Å²) in [6, 6.07) is 9.23.